The molecule has 1 N–H and O–H groups in total. The van der Waals surface area contributed by atoms with Crippen LogP contribution in [0.2, 0.25) is 0 Å². The number of carbonyl (C=O) groups is 1. The highest BCUT2D eigenvalue weighted by Gasteiger charge is 2.01. The average Bonchev–Trinajstić information content (AvgIpc) is 2.69. The van der Waals surface area contributed by atoms with Gasteiger partial charge in [-0.3, -0.25) is 0 Å². The fraction of sp³-hybridized carbons (Fsp3) is 0.417. The van der Waals surface area contributed by atoms with E-state index in [4.69, 9.17) is 9.84 Å². The molecule has 88 valence electrons. The molecule has 0 unspecified atom stereocenters. The standard InChI is InChI=1S/C12H16O3S/c1-2-3-7-15-9-11-10(6-8-16-11)4-5-12(13)14/h4-6,8H,2-3,7,9H2,1H3,(H,13,14). The molecular formula is C12H16O3S. The smallest absolute Gasteiger partial charge is 0.328 e. The van der Waals surface area contributed by atoms with E-state index in [1.807, 2.05) is 11.4 Å². The summed E-state index contributed by atoms with van der Waals surface area (Å²) in [6, 6.07) is 1.91. The van der Waals surface area contributed by atoms with Gasteiger partial charge in [0.15, 0.2) is 0 Å². The Morgan fingerprint density at radius 3 is 3.12 bits per heavy atom. The number of aliphatic carboxylic acids is 1. The number of carboxylic acid groups (broad SMARTS) is 1. The SMILES string of the molecule is CCCCOCc1sccc1C=CC(=O)O. The van der Waals surface area contributed by atoms with Crippen molar-refractivity contribution in [3.8, 4) is 0 Å². The van der Waals surface area contributed by atoms with E-state index in [0.29, 0.717) is 6.61 Å². The molecule has 0 amide bonds. The van der Waals surface area contributed by atoms with Gasteiger partial charge in [0.25, 0.3) is 0 Å². The van der Waals surface area contributed by atoms with Crippen LogP contribution < -0.4 is 0 Å². The molecule has 0 atom stereocenters. The first-order valence-corrected chi connectivity index (χ1v) is 6.17. The van der Waals surface area contributed by atoms with Gasteiger partial charge in [-0.15, -0.1) is 11.3 Å². The maximum Gasteiger partial charge on any atom is 0.328 e. The van der Waals surface area contributed by atoms with Gasteiger partial charge in [-0.1, -0.05) is 13.3 Å². The number of hydrogen-bond acceptors (Lipinski definition) is 3. The van der Waals surface area contributed by atoms with E-state index in [0.717, 1.165) is 36.0 Å². The minimum atomic E-state index is -0.927. The first kappa shape index (κ1) is 12.9. The third-order valence-corrected chi connectivity index (χ3v) is 2.97. The molecule has 1 rings (SSSR count). The summed E-state index contributed by atoms with van der Waals surface area (Å²) < 4.78 is 5.50. The van der Waals surface area contributed by atoms with Gasteiger partial charge in [0, 0.05) is 17.6 Å². The Morgan fingerprint density at radius 1 is 1.62 bits per heavy atom. The van der Waals surface area contributed by atoms with Gasteiger partial charge in [0.05, 0.1) is 6.61 Å². The third-order valence-electron chi connectivity index (χ3n) is 2.06. The van der Waals surface area contributed by atoms with Crippen LogP contribution in [0.4, 0.5) is 0 Å². The molecule has 0 aliphatic rings. The van der Waals surface area contributed by atoms with E-state index in [1.54, 1.807) is 17.4 Å². The van der Waals surface area contributed by atoms with Crippen LogP contribution in [0, 0.1) is 0 Å². The lowest BCUT2D eigenvalue weighted by atomic mass is 10.2. The van der Waals surface area contributed by atoms with Crippen LogP contribution in [0.5, 0.6) is 0 Å². The summed E-state index contributed by atoms with van der Waals surface area (Å²) in [5.41, 5.74) is 0.934. The molecule has 0 saturated carbocycles. The van der Waals surface area contributed by atoms with Crippen LogP contribution in [-0.2, 0) is 16.1 Å². The second kappa shape index (κ2) is 7.19. The van der Waals surface area contributed by atoms with Crippen LogP contribution in [0.25, 0.3) is 6.08 Å². The quantitative estimate of drug-likeness (QED) is 0.588. The van der Waals surface area contributed by atoms with Gasteiger partial charge in [-0.05, 0) is 29.5 Å². The first-order valence-electron chi connectivity index (χ1n) is 5.29. The molecule has 0 aliphatic heterocycles. The van der Waals surface area contributed by atoms with Gasteiger partial charge >= 0.3 is 5.97 Å². The summed E-state index contributed by atoms with van der Waals surface area (Å²) in [6.45, 7) is 3.45. The molecule has 0 radical (unpaired) electrons. The number of thiophene rings is 1. The van der Waals surface area contributed by atoms with E-state index in [9.17, 15) is 4.79 Å². The highest BCUT2D eigenvalue weighted by Crippen LogP contribution is 2.19. The molecule has 4 heteroatoms. The Bertz CT molecular complexity index is 355. The lowest BCUT2D eigenvalue weighted by molar-refractivity contribution is -0.131. The summed E-state index contributed by atoms with van der Waals surface area (Å²) in [5, 5.41) is 10.5. The molecule has 0 aromatic carbocycles. The minimum Gasteiger partial charge on any atom is -0.478 e. The predicted octanol–water partition coefficient (Wildman–Crippen LogP) is 3.16. The zero-order valence-electron chi connectivity index (χ0n) is 9.31. The van der Waals surface area contributed by atoms with E-state index >= 15 is 0 Å². The number of hydrogen-bond donors (Lipinski definition) is 1. The molecule has 1 aromatic heterocycles. The molecule has 3 nitrogen and oxygen atoms in total. The largest absolute Gasteiger partial charge is 0.478 e. The van der Waals surface area contributed by atoms with Gasteiger partial charge in [0.1, 0.15) is 0 Å². The van der Waals surface area contributed by atoms with Crippen molar-refractivity contribution >= 4 is 23.4 Å². The molecule has 0 saturated heterocycles. The van der Waals surface area contributed by atoms with Crippen molar-refractivity contribution in [1.82, 2.24) is 0 Å². The number of rotatable bonds is 7. The van der Waals surface area contributed by atoms with Crippen molar-refractivity contribution < 1.29 is 14.6 Å². The fourth-order valence-corrected chi connectivity index (χ4v) is 1.99. The van der Waals surface area contributed by atoms with Crippen molar-refractivity contribution in [3.05, 3.63) is 28.0 Å². The van der Waals surface area contributed by atoms with Crippen molar-refractivity contribution in [1.29, 1.82) is 0 Å². The Kier molecular flexibility index (Phi) is 5.82. The second-order valence-electron chi connectivity index (χ2n) is 3.38. The van der Waals surface area contributed by atoms with E-state index in [-0.39, 0.29) is 0 Å². The zero-order valence-corrected chi connectivity index (χ0v) is 10.1. The number of ether oxygens (including phenoxy) is 1. The monoisotopic (exact) mass is 240 g/mol. The molecule has 16 heavy (non-hydrogen) atoms. The third kappa shape index (κ3) is 4.59. The van der Waals surface area contributed by atoms with Crippen LogP contribution in [-0.4, -0.2) is 17.7 Å². The van der Waals surface area contributed by atoms with E-state index in [1.165, 1.54) is 0 Å². The van der Waals surface area contributed by atoms with Crippen molar-refractivity contribution in [3.63, 3.8) is 0 Å². The predicted molar refractivity (Wildman–Crippen MR) is 65.6 cm³/mol. The zero-order chi connectivity index (χ0) is 11.8. The summed E-state index contributed by atoms with van der Waals surface area (Å²) in [4.78, 5) is 11.5. The fourth-order valence-electron chi connectivity index (χ4n) is 1.19. The van der Waals surface area contributed by atoms with Crippen molar-refractivity contribution in [2.24, 2.45) is 0 Å². The first-order chi connectivity index (χ1) is 7.74. The lowest BCUT2D eigenvalue weighted by Gasteiger charge is -2.02. The second-order valence-corrected chi connectivity index (χ2v) is 4.38. The highest BCUT2D eigenvalue weighted by molar-refractivity contribution is 7.10. The van der Waals surface area contributed by atoms with Crippen LogP contribution >= 0.6 is 11.3 Å². The average molecular weight is 240 g/mol. The normalized spacial score (nSPS) is 11.1. The van der Waals surface area contributed by atoms with Gasteiger partial charge in [-0.25, -0.2) is 4.79 Å². The molecule has 1 heterocycles. The Morgan fingerprint density at radius 2 is 2.44 bits per heavy atom. The molecule has 0 fully saturated rings. The number of unbranched alkanes of at least 4 members (excludes halogenated alkanes) is 1. The number of carboxylic acids is 1. The molecule has 1 aromatic rings. The summed E-state index contributed by atoms with van der Waals surface area (Å²) in [5.74, 6) is -0.927. The topological polar surface area (TPSA) is 46.5 Å². The summed E-state index contributed by atoms with van der Waals surface area (Å²) in [7, 11) is 0. The van der Waals surface area contributed by atoms with Crippen LogP contribution in [0.15, 0.2) is 17.5 Å². The van der Waals surface area contributed by atoms with Gasteiger partial charge < -0.3 is 9.84 Å². The van der Waals surface area contributed by atoms with Crippen LogP contribution in [0.3, 0.4) is 0 Å². The van der Waals surface area contributed by atoms with Gasteiger partial charge in [0.2, 0.25) is 0 Å². The Balaban J connectivity index is 2.47. The molecule has 0 aliphatic carbocycles. The van der Waals surface area contributed by atoms with E-state index in [2.05, 4.69) is 6.92 Å². The van der Waals surface area contributed by atoms with Crippen molar-refractivity contribution in [2.45, 2.75) is 26.4 Å². The van der Waals surface area contributed by atoms with Gasteiger partial charge in [-0.2, -0.15) is 0 Å². The maximum atomic E-state index is 10.4. The van der Waals surface area contributed by atoms with Crippen LogP contribution in [0.1, 0.15) is 30.2 Å². The molecule has 0 spiro atoms. The summed E-state index contributed by atoms with van der Waals surface area (Å²) in [6.07, 6.45) is 4.94. The maximum absolute atomic E-state index is 10.4. The Labute approximate surface area is 99.4 Å². The Hall–Kier alpha value is -1.13. The minimum absolute atomic E-state index is 0.566. The lowest BCUT2D eigenvalue weighted by Crippen LogP contribution is -1.94. The summed E-state index contributed by atoms with van der Waals surface area (Å²) >= 11 is 1.59. The molecule has 0 bridgehead atoms. The van der Waals surface area contributed by atoms with E-state index < -0.39 is 5.97 Å². The molecular weight excluding hydrogens is 224 g/mol. The van der Waals surface area contributed by atoms with Crippen molar-refractivity contribution in [2.75, 3.05) is 6.61 Å². The highest BCUT2D eigenvalue weighted by atomic mass is 32.1.